The van der Waals surface area contributed by atoms with Crippen LogP contribution in [0, 0.1) is 0 Å². The molecule has 1 N–H and O–H groups in total. The van der Waals surface area contributed by atoms with E-state index >= 15 is 0 Å². The van der Waals surface area contributed by atoms with Crippen LogP contribution < -0.4 is 14.8 Å². The monoisotopic (exact) mass is 411 g/mol. The molecule has 1 fully saturated rings. The molecule has 1 saturated carbocycles. The fourth-order valence-corrected chi connectivity index (χ4v) is 4.95. The quantitative estimate of drug-likeness (QED) is 0.557. The first-order valence-corrected chi connectivity index (χ1v) is 12.3. The summed E-state index contributed by atoms with van der Waals surface area (Å²) >= 11 is 2.01. The van der Waals surface area contributed by atoms with Crippen LogP contribution in [0.5, 0.6) is 11.5 Å². The third-order valence-electron chi connectivity index (χ3n) is 6.01. The van der Waals surface area contributed by atoms with Crippen molar-refractivity contribution >= 4 is 11.8 Å². The summed E-state index contributed by atoms with van der Waals surface area (Å²) in [6.45, 7) is 3.35. The van der Waals surface area contributed by atoms with Crippen LogP contribution in [0.2, 0.25) is 0 Å². The Morgan fingerprint density at radius 3 is 2.66 bits per heavy atom. The third-order valence-corrected chi connectivity index (χ3v) is 6.91. The van der Waals surface area contributed by atoms with Crippen molar-refractivity contribution < 1.29 is 9.47 Å². The molecule has 0 radical (unpaired) electrons. The van der Waals surface area contributed by atoms with E-state index in [0.717, 1.165) is 43.7 Å². The van der Waals surface area contributed by atoms with Gasteiger partial charge in [0.05, 0.1) is 6.10 Å². The zero-order valence-electron chi connectivity index (χ0n) is 17.4. The number of rotatable bonds is 8. The second-order valence-corrected chi connectivity index (χ2v) is 9.46. The molecule has 0 amide bonds. The van der Waals surface area contributed by atoms with Crippen LogP contribution in [0.25, 0.3) is 0 Å². The van der Waals surface area contributed by atoms with E-state index in [1.54, 1.807) is 0 Å². The van der Waals surface area contributed by atoms with Gasteiger partial charge >= 0.3 is 0 Å². The molecule has 1 aliphatic heterocycles. The van der Waals surface area contributed by atoms with Gasteiger partial charge in [-0.2, -0.15) is 11.8 Å². The molecule has 0 aromatic heterocycles. The molecule has 1 unspecified atom stereocenters. The maximum Gasteiger partial charge on any atom is 0.124 e. The summed E-state index contributed by atoms with van der Waals surface area (Å²) in [5.41, 5.74) is 2.54. The molecule has 1 heterocycles. The largest absolute Gasteiger partial charge is 0.490 e. The third kappa shape index (κ3) is 5.70. The van der Waals surface area contributed by atoms with Crippen LogP contribution in [-0.4, -0.2) is 30.2 Å². The molecule has 29 heavy (non-hydrogen) atoms. The molecule has 1 atom stereocenters. The minimum absolute atomic E-state index is 0.161. The first-order chi connectivity index (χ1) is 14.3. The van der Waals surface area contributed by atoms with Crippen LogP contribution in [0.15, 0.2) is 48.5 Å². The Labute approximate surface area is 179 Å². The fraction of sp³-hybridized carbons (Fsp3) is 0.520. The van der Waals surface area contributed by atoms with Gasteiger partial charge in [-0.05, 0) is 73.6 Å². The lowest BCUT2D eigenvalue weighted by Gasteiger charge is -2.30. The average Bonchev–Trinajstić information content (AvgIpc) is 2.78. The number of thioether (sulfide) groups is 1. The number of hydrogen-bond donors (Lipinski definition) is 1. The number of fused-ring (bicyclic) bond motifs is 1. The maximum absolute atomic E-state index is 6.34. The van der Waals surface area contributed by atoms with Crippen LogP contribution in [0.1, 0.15) is 56.3 Å². The molecule has 2 aromatic carbocycles. The summed E-state index contributed by atoms with van der Waals surface area (Å²) < 4.78 is 12.6. The van der Waals surface area contributed by atoms with Crippen molar-refractivity contribution in [3.8, 4) is 11.5 Å². The molecule has 0 saturated heterocycles. The van der Waals surface area contributed by atoms with E-state index < -0.39 is 0 Å². The maximum atomic E-state index is 6.34. The highest BCUT2D eigenvalue weighted by molar-refractivity contribution is 7.99. The number of aryl methyl sites for hydroxylation is 1. The summed E-state index contributed by atoms with van der Waals surface area (Å²) in [5.74, 6) is 4.44. The zero-order valence-corrected chi connectivity index (χ0v) is 18.3. The lowest BCUT2D eigenvalue weighted by molar-refractivity contribution is 0.139. The van der Waals surface area contributed by atoms with E-state index in [4.69, 9.17) is 9.47 Å². The molecule has 0 spiro atoms. The van der Waals surface area contributed by atoms with Crippen LogP contribution in [0.4, 0.5) is 0 Å². The van der Waals surface area contributed by atoms with Crippen molar-refractivity contribution in [3.05, 3.63) is 59.7 Å². The number of ether oxygens (including phenoxy) is 2. The zero-order chi connectivity index (χ0) is 19.9. The number of benzene rings is 2. The Balaban J connectivity index is 1.26. The topological polar surface area (TPSA) is 30.5 Å². The van der Waals surface area contributed by atoms with E-state index in [1.807, 2.05) is 11.8 Å². The minimum atomic E-state index is 0.161. The molecule has 2 aliphatic rings. The van der Waals surface area contributed by atoms with Gasteiger partial charge in [0.25, 0.3) is 0 Å². The molecular weight excluding hydrogens is 378 g/mol. The highest BCUT2D eigenvalue weighted by atomic mass is 32.2. The number of nitrogens with one attached hydrogen (secondary N) is 1. The van der Waals surface area contributed by atoms with Gasteiger partial charge in [0, 0.05) is 18.3 Å². The summed E-state index contributed by atoms with van der Waals surface area (Å²) in [5, 5.41) is 3.71. The predicted molar refractivity (Wildman–Crippen MR) is 122 cm³/mol. The Morgan fingerprint density at radius 1 is 1.03 bits per heavy atom. The van der Waals surface area contributed by atoms with Gasteiger partial charge < -0.3 is 14.8 Å². The van der Waals surface area contributed by atoms with Crippen LogP contribution in [-0.2, 0) is 6.42 Å². The van der Waals surface area contributed by atoms with Gasteiger partial charge in [-0.1, -0.05) is 37.3 Å². The normalized spacial score (nSPS) is 23.8. The summed E-state index contributed by atoms with van der Waals surface area (Å²) in [6.07, 6.45) is 7.28. The molecule has 3 nitrogen and oxygen atoms in total. The summed E-state index contributed by atoms with van der Waals surface area (Å²) in [6, 6.07) is 17.6. The SMILES string of the molecule is CCSCCNC1CCC(Oc2ccc3c(c2)CCC(c2ccccc2)O3)CC1. The van der Waals surface area contributed by atoms with Crippen LogP contribution in [0.3, 0.4) is 0 Å². The van der Waals surface area contributed by atoms with Crippen molar-refractivity contribution in [3.63, 3.8) is 0 Å². The van der Waals surface area contributed by atoms with Crippen molar-refractivity contribution in [2.45, 2.75) is 63.7 Å². The van der Waals surface area contributed by atoms with Crippen molar-refractivity contribution in [2.75, 3.05) is 18.1 Å². The summed E-state index contributed by atoms with van der Waals surface area (Å²) in [4.78, 5) is 0. The minimum Gasteiger partial charge on any atom is -0.490 e. The van der Waals surface area contributed by atoms with E-state index in [2.05, 4.69) is 60.8 Å². The lowest BCUT2D eigenvalue weighted by Crippen LogP contribution is -2.37. The Morgan fingerprint density at radius 2 is 1.86 bits per heavy atom. The van der Waals surface area contributed by atoms with E-state index in [9.17, 15) is 0 Å². The van der Waals surface area contributed by atoms with Gasteiger partial charge in [-0.3, -0.25) is 0 Å². The van der Waals surface area contributed by atoms with Gasteiger partial charge in [-0.25, -0.2) is 0 Å². The molecule has 1 aliphatic carbocycles. The second-order valence-electron chi connectivity index (χ2n) is 8.07. The smallest absolute Gasteiger partial charge is 0.124 e. The Kier molecular flexibility index (Phi) is 7.39. The standard InChI is InChI=1S/C25H33NO2S/c1-2-29-17-16-26-21-9-11-22(12-10-21)27-23-13-15-25-20(18-23)8-14-24(28-25)19-6-4-3-5-7-19/h3-7,13,15,18,21-22,24,26H,2,8-12,14,16-17H2,1H3. The highest BCUT2D eigenvalue weighted by Gasteiger charge is 2.24. The van der Waals surface area contributed by atoms with Crippen molar-refractivity contribution in [1.29, 1.82) is 0 Å². The molecule has 4 rings (SSSR count). The second kappa shape index (κ2) is 10.4. The van der Waals surface area contributed by atoms with E-state index in [0.29, 0.717) is 12.1 Å². The highest BCUT2D eigenvalue weighted by Crippen LogP contribution is 2.37. The summed E-state index contributed by atoms with van der Waals surface area (Å²) in [7, 11) is 0. The molecule has 0 bridgehead atoms. The van der Waals surface area contributed by atoms with Gasteiger partial charge in [0.2, 0.25) is 0 Å². The van der Waals surface area contributed by atoms with Crippen molar-refractivity contribution in [1.82, 2.24) is 5.32 Å². The number of hydrogen-bond acceptors (Lipinski definition) is 4. The first kappa shape index (κ1) is 20.6. The lowest BCUT2D eigenvalue weighted by atomic mass is 9.93. The van der Waals surface area contributed by atoms with Gasteiger partial charge in [0.1, 0.15) is 17.6 Å². The fourth-order valence-electron chi connectivity index (χ4n) is 4.40. The van der Waals surface area contributed by atoms with E-state index in [1.165, 1.54) is 35.5 Å². The molecule has 2 aromatic rings. The average molecular weight is 412 g/mol. The van der Waals surface area contributed by atoms with Gasteiger partial charge in [-0.15, -0.1) is 0 Å². The van der Waals surface area contributed by atoms with Gasteiger partial charge in [0.15, 0.2) is 0 Å². The molecule has 156 valence electrons. The molecule has 4 heteroatoms. The Bertz CT molecular complexity index is 759. The van der Waals surface area contributed by atoms with Crippen molar-refractivity contribution in [2.24, 2.45) is 0 Å². The first-order valence-electron chi connectivity index (χ1n) is 11.1. The molecular formula is C25H33NO2S. The Hall–Kier alpha value is -1.65. The van der Waals surface area contributed by atoms with Crippen LogP contribution >= 0.6 is 11.8 Å². The van der Waals surface area contributed by atoms with E-state index in [-0.39, 0.29) is 6.10 Å². The predicted octanol–water partition coefficient (Wildman–Crippen LogP) is 5.79.